The van der Waals surface area contributed by atoms with Gasteiger partial charge in [-0.2, -0.15) is 0 Å². The van der Waals surface area contributed by atoms with Gasteiger partial charge in [0.1, 0.15) is 5.69 Å². The number of anilines is 1. The summed E-state index contributed by atoms with van der Waals surface area (Å²) in [5, 5.41) is 5.62. The number of nitrogens with zero attached hydrogens (tertiary/aromatic N) is 1. The molecule has 1 heterocycles. The van der Waals surface area contributed by atoms with E-state index in [9.17, 15) is 9.59 Å². The van der Waals surface area contributed by atoms with Gasteiger partial charge < -0.3 is 10.6 Å². The Bertz CT molecular complexity index is 732. The zero-order valence-electron chi connectivity index (χ0n) is 13.7. The highest BCUT2D eigenvalue weighted by Crippen LogP contribution is 2.21. The van der Waals surface area contributed by atoms with E-state index >= 15 is 0 Å². The molecule has 0 saturated heterocycles. The Morgan fingerprint density at radius 1 is 1.17 bits per heavy atom. The molecule has 1 aromatic heterocycles. The molecule has 0 bridgehead atoms. The molecule has 5 nitrogen and oxygen atoms in total. The fraction of sp³-hybridized carbons (Fsp3) is 0.278. The monoisotopic (exact) mass is 389 g/mol. The number of benzene rings is 1. The van der Waals surface area contributed by atoms with E-state index in [1.54, 1.807) is 12.1 Å². The minimum Gasteiger partial charge on any atom is -0.352 e. The molecule has 2 amide bonds. The number of aromatic nitrogens is 1. The molecule has 0 aliphatic rings. The van der Waals surface area contributed by atoms with Crippen LogP contribution in [-0.2, 0) is 0 Å². The molecule has 0 aliphatic carbocycles. The van der Waals surface area contributed by atoms with Crippen molar-refractivity contribution < 1.29 is 9.59 Å². The lowest BCUT2D eigenvalue weighted by Crippen LogP contribution is -2.26. The molecule has 0 unspecified atom stereocenters. The van der Waals surface area contributed by atoms with Crippen LogP contribution in [0.15, 0.2) is 47.1 Å². The number of nitrogens with one attached hydrogen (secondary N) is 2. The average molecular weight is 390 g/mol. The van der Waals surface area contributed by atoms with Gasteiger partial charge in [-0.3, -0.25) is 14.6 Å². The van der Waals surface area contributed by atoms with E-state index in [-0.39, 0.29) is 17.5 Å². The maximum Gasteiger partial charge on any atom is 0.274 e. The van der Waals surface area contributed by atoms with Crippen molar-refractivity contribution >= 4 is 33.4 Å². The highest BCUT2D eigenvalue weighted by Gasteiger charge is 2.13. The second kappa shape index (κ2) is 8.59. The van der Waals surface area contributed by atoms with Crippen LogP contribution in [0.5, 0.6) is 0 Å². The van der Waals surface area contributed by atoms with E-state index in [0.29, 0.717) is 23.7 Å². The highest BCUT2D eigenvalue weighted by atomic mass is 79.9. The number of pyridine rings is 1. The second-order valence-corrected chi connectivity index (χ2v) is 6.66. The normalized spacial score (nSPS) is 10.5. The van der Waals surface area contributed by atoms with Crippen LogP contribution in [0.1, 0.15) is 41.1 Å². The molecule has 24 heavy (non-hydrogen) atoms. The zero-order valence-corrected chi connectivity index (χ0v) is 15.3. The third kappa shape index (κ3) is 5.16. The summed E-state index contributed by atoms with van der Waals surface area (Å²) >= 11 is 3.38. The standard InChI is InChI=1S/C18H20BrN3O2/c1-12(2)7-9-21-17(23)13-8-10-20-16(11-13)18(24)22-15-6-4-3-5-14(15)19/h3-6,8,10-12H,7,9H2,1-2H3,(H,21,23)(H,22,24). The quantitative estimate of drug-likeness (QED) is 0.787. The molecule has 0 atom stereocenters. The predicted octanol–water partition coefficient (Wildman–Crippen LogP) is 3.87. The van der Waals surface area contributed by atoms with Crippen molar-refractivity contribution in [2.45, 2.75) is 20.3 Å². The second-order valence-electron chi connectivity index (χ2n) is 5.80. The minimum absolute atomic E-state index is 0.197. The van der Waals surface area contributed by atoms with Gasteiger partial charge in [-0.25, -0.2) is 0 Å². The number of carbonyl (C=O) groups excluding carboxylic acids is 2. The van der Waals surface area contributed by atoms with E-state index in [1.807, 2.05) is 18.2 Å². The number of para-hydroxylation sites is 1. The minimum atomic E-state index is -0.362. The molecule has 0 fully saturated rings. The van der Waals surface area contributed by atoms with Crippen molar-refractivity contribution in [1.29, 1.82) is 0 Å². The maximum atomic E-state index is 12.3. The van der Waals surface area contributed by atoms with Crippen LogP contribution < -0.4 is 10.6 Å². The lowest BCUT2D eigenvalue weighted by atomic mass is 10.1. The van der Waals surface area contributed by atoms with E-state index in [2.05, 4.69) is 45.4 Å². The number of hydrogen-bond acceptors (Lipinski definition) is 3. The summed E-state index contributed by atoms with van der Waals surface area (Å²) in [6.45, 7) is 4.81. The molecular formula is C18H20BrN3O2. The number of halogens is 1. The van der Waals surface area contributed by atoms with Gasteiger partial charge in [0.15, 0.2) is 0 Å². The topological polar surface area (TPSA) is 71.1 Å². The Kier molecular flexibility index (Phi) is 6.49. The maximum absolute atomic E-state index is 12.3. The van der Waals surface area contributed by atoms with E-state index in [4.69, 9.17) is 0 Å². The van der Waals surface area contributed by atoms with Crippen LogP contribution in [0.3, 0.4) is 0 Å². The van der Waals surface area contributed by atoms with Gasteiger partial charge >= 0.3 is 0 Å². The molecule has 2 rings (SSSR count). The molecule has 1 aromatic carbocycles. The highest BCUT2D eigenvalue weighted by molar-refractivity contribution is 9.10. The van der Waals surface area contributed by atoms with Crippen molar-refractivity contribution in [1.82, 2.24) is 10.3 Å². The average Bonchev–Trinajstić information content (AvgIpc) is 2.56. The predicted molar refractivity (Wildman–Crippen MR) is 98.1 cm³/mol. The van der Waals surface area contributed by atoms with Gasteiger partial charge in [0.05, 0.1) is 5.69 Å². The van der Waals surface area contributed by atoms with Crippen molar-refractivity contribution in [2.24, 2.45) is 5.92 Å². The first-order valence-electron chi connectivity index (χ1n) is 7.77. The third-order valence-electron chi connectivity index (χ3n) is 3.38. The van der Waals surface area contributed by atoms with Gasteiger partial charge in [-0.15, -0.1) is 0 Å². The van der Waals surface area contributed by atoms with Crippen LogP contribution in [0.2, 0.25) is 0 Å². The van der Waals surface area contributed by atoms with Crippen LogP contribution >= 0.6 is 15.9 Å². The first kappa shape index (κ1) is 18.1. The van der Waals surface area contributed by atoms with Crippen LogP contribution in [0, 0.1) is 5.92 Å². The van der Waals surface area contributed by atoms with Gasteiger partial charge in [0.25, 0.3) is 11.8 Å². The third-order valence-corrected chi connectivity index (χ3v) is 4.08. The van der Waals surface area contributed by atoms with E-state index < -0.39 is 0 Å². The summed E-state index contributed by atoms with van der Waals surface area (Å²) in [5.41, 5.74) is 1.27. The first-order valence-corrected chi connectivity index (χ1v) is 8.57. The van der Waals surface area contributed by atoms with E-state index in [0.717, 1.165) is 10.9 Å². The Balaban J connectivity index is 2.05. The van der Waals surface area contributed by atoms with Crippen LogP contribution in [0.25, 0.3) is 0 Å². The molecule has 0 spiro atoms. The summed E-state index contributed by atoms with van der Waals surface area (Å²) in [6, 6.07) is 10.4. The smallest absolute Gasteiger partial charge is 0.274 e. The van der Waals surface area contributed by atoms with Crippen molar-refractivity contribution in [3.8, 4) is 0 Å². The number of amides is 2. The number of rotatable bonds is 6. The Morgan fingerprint density at radius 3 is 2.62 bits per heavy atom. The van der Waals surface area contributed by atoms with Gasteiger partial charge in [0, 0.05) is 22.8 Å². The molecule has 6 heteroatoms. The number of carbonyl (C=O) groups is 2. The zero-order chi connectivity index (χ0) is 17.5. The molecule has 0 aliphatic heterocycles. The van der Waals surface area contributed by atoms with Gasteiger partial charge in [0.2, 0.25) is 0 Å². The van der Waals surface area contributed by atoms with Crippen molar-refractivity contribution in [3.63, 3.8) is 0 Å². The molecule has 0 saturated carbocycles. The summed E-state index contributed by atoms with van der Waals surface area (Å²) in [7, 11) is 0. The Morgan fingerprint density at radius 2 is 1.92 bits per heavy atom. The summed E-state index contributed by atoms with van der Waals surface area (Å²) < 4.78 is 0.779. The first-order chi connectivity index (χ1) is 11.5. The Hall–Kier alpha value is -2.21. The Labute approximate surface area is 150 Å². The fourth-order valence-corrected chi connectivity index (χ4v) is 2.41. The molecule has 2 aromatic rings. The molecule has 126 valence electrons. The summed E-state index contributed by atoms with van der Waals surface area (Å²) in [5.74, 6) is -0.0416. The van der Waals surface area contributed by atoms with E-state index in [1.165, 1.54) is 12.3 Å². The number of hydrogen-bond donors (Lipinski definition) is 2. The lowest BCUT2D eigenvalue weighted by Gasteiger charge is -2.09. The van der Waals surface area contributed by atoms with Gasteiger partial charge in [-0.05, 0) is 52.5 Å². The van der Waals surface area contributed by atoms with Crippen LogP contribution in [-0.4, -0.2) is 23.3 Å². The summed E-state index contributed by atoms with van der Waals surface area (Å²) in [4.78, 5) is 28.5. The fourth-order valence-electron chi connectivity index (χ4n) is 2.02. The van der Waals surface area contributed by atoms with Gasteiger partial charge in [-0.1, -0.05) is 26.0 Å². The SMILES string of the molecule is CC(C)CCNC(=O)c1ccnc(C(=O)Nc2ccccc2Br)c1. The molecule has 2 N–H and O–H groups in total. The van der Waals surface area contributed by atoms with Crippen LogP contribution in [0.4, 0.5) is 5.69 Å². The lowest BCUT2D eigenvalue weighted by molar-refractivity contribution is 0.0952. The van der Waals surface area contributed by atoms with Crippen molar-refractivity contribution in [3.05, 3.63) is 58.3 Å². The molecule has 0 radical (unpaired) electrons. The largest absolute Gasteiger partial charge is 0.352 e. The summed E-state index contributed by atoms with van der Waals surface area (Å²) in [6.07, 6.45) is 2.37. The molecular weight excluding hydrogens is 370 g/mol. The van der Waals surface area contributed by atoms with Crippen molar-refractivity contribution in [2.75, 3.05) is 11.9 Å².